The molecule has 2 aromatic rings. The van der Waals surface area contributed by atoms with Gasteiger partial charge in [0.15, 0.2) is 5.82 Å². The molecule has 1 aromatic carbocycles. The van der Waals surface area contributed by atoms with E-state index in [9.17, 15) is 12.8 Å². The molecule has 1 aromatic heterocycles. The van der Waals surface area contributed by atoms with Gasteiger partial charge in [0.1, 0.15) is 10.7 Å². The van der Waals surface area contributed by atoms with E-state index in [0.29, 0.717) is 5.02 Å². The molecule has 106 valence electrons. The van der Waals surface area contributed by atoms with Crippen LogP contribution in [0.2, 0.25) is 15.1 Å². The van der Waals surface area contributed by atoms with Crippen LogP contribution in [0.5, 0.6) is 0 Å². The molecule has 0 saturated heterocycles. The molecule has 9 heteroatoms. The molecule has 0 spiro atoms. The smallest absolute Gasteiger partial charge is 0.263 e. The van der Waals surface area contributed by atoms with Gasteiger partial charge < -0.3 is 0 Å². The van der Waals surface area contributed by atoms with Crippen LogP contribution in [0.15, 0.2) is 35.4 Å². The Morgan fingerprint density at radius 2 is 1.85 bits per heavy atom. The van der Waals surface area contributed by atoms with Crippen LogP contribution in [0.1, 0.15) is 0 Å². The van der Waals surface area contributed by atoms with Crippen molar-refractivity contribution in [3.63, 3.8) is 0 Å². The molecule has 0 aliphatic heterocycles. The molecule has 20 heavy (non-hydrogen) atoms. The third-order valence-corrected chi connectivity index (χ3v) is 4.66. The highest BCUT2D eigenvalue weighted by molar-refractivity contribution is 7.92. The summed E-state index contributed by atoms with van der Waals surface area (Å²) in [6, 6.07) is 4.98. The molecule has 0 amide bonds. The second kappa shape index (κ2) is 5.73. The summed E-state index contributed by atoms with van der Waals surface area (Å²) in [5, 5.41) is -0.562. The van der Waals surface area contributed by atoms with E-state index in [2.05, 4.69) is 9.71 Å². The Hall–Kier alpha value is -1.08. The molecule has 1 heterocycles. The van der Waals surface area contributed by atoms with Gasteiger partial charge in [-0.15, -0.1) is 0 Å². The van der Waals surface area contributed by atoms with Crippen molar-refractivity contribution in [1.82, 2.24) is 4.98 Å². The van der Waals surface area contributed by atoms with Crippen molar-refractivity contribution in [2.24, 2.45) is 0 Å². The average molecular weight is 356 g/mol. The lowest BCUT2D eigenvalue weighted by atomic mass is 10.3. The molecule has 0 saturated carbocycles. The van der Waals surface area contributed by atoms with Crippen LogP contribution in [0.4, 0.5) is 10.2 Å². The van der Waals surface area contributed by atoms with E-state index in [1.165, 1.54) is 18.3 Å². The van der Waals surface area contributed by atoms with Crippen LogP contribution in [0.3, 0.4) is 0 Å². The lowest BCUT2D eigenvalue weighted by Gasteiger charge is -2.09. The van der Waals surface area contributed by atoms with Gasteiger partial charge in [0, 0.05) is 17.3 Å². The number of hydrogen-bond donors (Lipinski definition) is 1. The molecule has 0 unspecified atom stereocenters. The second-order valence-electron chi connectivity index (χ2n) is 3.64. The van der Waals surface area contributed by atoms with Gasteiger partial charge in [0.05, 0.1) is 10.0 Å². The SMILES string of the molecule is O=S(=O)(Nc1cc(Cl)ccn1)c1ccc(Cl)c(F)c1Cl. The second-order valence-corrected chi connectivity index (χ2v) is 6.51. The summed E-state index contributed by atoms with van der Waals surface area (Å²) >= 11 is 16.9. The van der Waals surface area contributed by atoms with Gasteiger partial charge in [0.2, 0.25) is 0 Å². The van der Waals surface area contributed by atoms with Gasteiger partial charge in [-0.25, -0.2) is 17.8 Å². The highest BCUT2D eigenvalue weighted by Gasteiger charge is 2.22. The number of pyridine rings is 1. The number of nitrogens with zero attached hydrogens (tertiary/aromatic N) is 1. The highest BCUT2D eigenvalue weighted by Crippen LogP contribution is 2.30. The lowest BCUT2D eigenvalue weighted by Crippen LogP contribution is -2.14. The predicted molar refractivity (Wildman–Crippen MR) is 76.5 cm³/mol. The first-order valence-corrected chi connectivity index (χ1v) is 7.71. The minimum atomic E-state index is -4.10. The van der Waals surface area contributed by atoms with Crippen molar-refractivity contribution in [1.29, 1.82) is 0 Å². The molecule has 0 aliphatic carbocycles. The van der Waals surface area contributed by atoms with Crippen molar-refractivity contribution >= 4 is 50.6 Å². The first-order valence-electron chi connectivity index (χ1n) is 5.09. The van der Waals surface area contributed by atoms with Gasteiger partial charge in [-0.05, 0) is 18.2 Å². The fraction of sp³-hybridized carbons (Fsp3) is 0. The Morgan fingerprint density at radius 1 is 1.15 bits per heavy atom. The summed E-state index contributed by atoms with van der Waals surface area (Å²) in [6.07, 6.45) is 1.32. The normalized spacial score (nSPS) is 11.4. The number of hydrogen-bond acceptors (Lipinski definition) is 3. The molecule has 2 rings (SSSR count). The number of sulfonamides is 1. The zero-order valence-corrected chi connectivity index (χ0v) is 12.7. The van der Waals surface area contributed by atoms with Crippen molar-refractivity contribution in [3.8, 4) is 0 Å². The molecule has 0 bridgehead atoms. The molecule has 0 radical (unpaired) electrons. The van der Waals surface area contributed by atoms with E-state index < -0.39 is 25.8 Å². The van der Waals surface area contributed by atoms with E-state index in [4.69, 9.17) is 34.8 Å². The van der Waals surface area contributed by atoms with Gasteiger partial charge in [-0.1, -0.05) is 34.8 Å². The Bertz CT molecular complexity index is 768. The van der Waals surface area contributed by atoms with Crippen molar-refractivity contribution in [2.75, 3.05) is 4.72 Å². The maximum absolute atomic E-state index is 13.5. The molecular weight excluding hydrogens is 350 g/mol. The lowest BCUT2D eigenvalue weighted by molar-refractivity contribution is 0.595. The minimum absolute atomic E-state index is 0.0103. The summed E-state index contributed by atoms with van der Waals surface area (Å²) in [6.45, 7) is 0. The van der Waals surface area contributed by atoms with Crippen molar-refractivity contribution in [2.45, 2.75) is 4.90 Å². The topological polar surface area (TPSA) is 59.1 Å². The summed E-state index contributed by atoms with van der Waals surface area (Å²) in [7, 11) is -4.10. The van der Waals surface area contributed by atoms with Gasteiger partial charge >= 0.3 is 0 Å². The zero-order valence-electron chi connectivity index (χ0n) is 9.57. The highest BCUT2D eigenvalue weighted by atomic mass is 35.5. The Morgan fingerprint density at radius 3 is 2.50 bits per heavy atom. The number of benzene rings is 1. The van der Waals surface area contributed by atoms with E-state index >= 15 is 0 Å². The van der Waals surface area contributed by atoms with Crippen molar-refractivity contribution in [3.05, 3.63) is 51.3 Å². The number of anilines is 1. The largest absolute Gasteiger partial charge is 0.264 e. The van der Waals surface area contributed by atoms with Crippen molar-refractivity contribution < 1.29 is 12.8 Å². The number of rotatable bonds is 3. The summed E-state index contributed by atoms with van der Waals surface area (Å²) in [4.78, 5) is 3.34. The fourth-order valence-corrected chi connectivity index (χ4v) is 3.27. The van der Waals surface area contributed by atoms with Crippen LogP contribution < -0.4 is 4.72 Å². The predicted octanol–water partition coefficient (Wildman–Crippen LogP) is 3.98. The summed E-state index contributed by atoms with van der Waals surface area (Å²) in [5.41, 5.74) is 0. The first kappa shape index (κ1) is 15.3. The zero-order chi connectivity index (χ0) is 14.9. The number of halogens is 4. The molecule has 4 nitrogen and oxygen atoms in total. The Kier molecular flexibility index (Phi) is 4.39. The van der Waals surface area contributed by atoms with Gasteiger partial charge in [0.25, 0.3) is 10.0 Å². The number of aromatic nitrogens is 1. The fourth-order valence-electron chi connectivity index (χ4n) is 1.37. The first-order chi connectivity index (χ1) is 9.31. The Labute approximate surface area is 129 Å². The van der Waals surface area contributed by atoms with Crippen LogP contribution in [-0.2, 0) is 10.0 Å². The molecular formula is C11H6Cl3FN2O2S. The van der Waals surface area contributed by atoms with E-state index in [1.54, 1.807) is 0 Å². The van der Waals surface area contributed by atoms with E-state index in [-0.39, 0.29) is 10.8 Å². The maximum Gasteiger partial charge on any atom is 0.264 e. The quantitative estimate of drug-likeness (QED) is 0.847. The summed E-state index contributed by atoms with van der Waals surface area (Å²) in [5.74, 6) is -1.01. The van der Waals surface area contributed by atoms with Crippen LogP contribution >= 0.6 is 34.8 Å². The van der Waals surface area contributed by atoms with Crippen LogP contribution in [0, 0.1) is 5.82 Å². The van der Waals surface area contributed by atoms with E-state index in [1.807, 2.05) is 0 Å². The Balaban J connectivity index is 2.44. The molecule has 0 aliphatic rings. The number of nitrogens with one attached hydrogen (secondary N) is 1. The molecule has 0 fully saturated rings. The van der Waals surface area contributed by atoms with E-state index in [0.717, 1.165) is 12.1 Å². The third-order valence-electron chi connectivity index (χ3n) is 2.25. The van der Waals surface area contributed by atoms with Crippen LogP contribution in [0.25, 0.3) is 0 Å². The van der Waals surface area contributed by atoms with Crippen LogP contribution in [-0.4, -0.2) is 13.4 Å². The monoisotopic (exact) mass is 354 g/mol. The van der Waals surface area contributed by atoms with Gasteiger partial charge in [-0.2, -0.15) is 0 Å². The average Bonchev–Trinajstić information content (AvgIpc) is 2.35. The standard InChI is InChI=1S/C11H6Cl3FN2O2S/c12-6-3-4-16-9(5-6)17-20(18,19)8-2-1-7(13)11(15)10(8)14/h1-5H,(H,16,17). The maximum atomic E-state index is 13.5. The minimum Gasteiger partial charge on any atom is -0.263 e. The molecule has 0 atom stereocenters. The molecule has 1 N–H and O–H groups in total. The third kappa shape index (κ3) is 3.15. The van der Waals surface area contributed by atoms with Gasteiger partial charge in [-0.3, -0.25) is 4.72 Å². The summed E-state index contributed by atoms with van der Waals surface area (Å²) < 4.78 is 39.9.